The summed E-state index contributed by atoms with van der Waals surface area (Å²) in [4.78, 5) is 25.0. The first-order chi connectivity index (χ1) is 11.3. The van der Waals surface area contributed by atoms with Gasteiger partial charge in [-0.25, -0.2) is 0 Å². The largest absolute Gasteiger partial charge is 0.321 e. The lowest BCUT2D eigenvalue weighted by Gasteiger charge is -2.24. The predicted octanol–water partition coefficient (Wildman–Crippen LogP) is 1.68. The Labute approximate surface area is 135 Å². The number of anilines is 1. The lowest BCUT2D eigenvalue weighted by molar-refractivity contribution is 0.0935. The molecule has 0 spiro atoms. The summed E-state index contributed by atoms with van der Waals surface area (Å²) >= 11 is 0. The Morgan fingerprint density at radius 3 is 2.43 bits per heavy atom. The third-order valence-corrected chi connectivity index (χ3v) is 3.83. The van der Waals surface area contributed by atoms with Crippen molar-refractivity contribution in [2.24, 2.45) is 0 Å². The predicted molar refractivity (Wildman–Crippen MR) is 89.8 cm³/mol. The molecular formula is C18H19N3O2. The molecule has 1 atom stereocenters. The molecule has 3 N–H and O–H groups in total. The van der Waals surface area contributed by atoms with Gasteiger partial charge in [0.25, 0.3) is 5.91 Å². The maximum atomic E-state index is 12.7. The molecule has 1 heterocycles. The molecule has 5 heteroatoms. The van der Waals surface area contributed by atoms with Crippen molar-refractivity contribution >= 4 is 17.4 Å². The molecule has 0 saturated carbocycles. The highest BCUT2D eigenvalue weighted by Crippen LogP contribution is 2.18. The quantitative estimate of drug-likeness (QED) is 0.752. The number of hydrogen-bond donors (Lipinski definition) is 3. The maximum Gasteiger partial charge on any atom is 0.255 e. The molecule has 2 aromatic rings. The van der Waals surface area contributed by atoms with Gasteiger partial charge in [0.05, 0.1) is 11.7 Å². The van der Waals surface area contributed by atoms with E-state index in [4.69, 9.17) is 0 Å². The van der Waals surface area contributed by atoms with Crippen molar-refractivity contribution < 1.29 is 9.59 Å². The highest BCUT2D eigenvalue weighted by molar-refractivity contribution is 6.10. The third-order valence-electron chi connectivity index (χ3n) is 3.83. The average molecular weight is 309 g/mol. The van der Waals surface area contributed by atoms with Crippen molar-refractivity contribution in [2.45, 2.75) is 6.04 Å². The molecule has 118 valence electrons. The molecule has 0 aliphatic carbocycles. The van der Waals surface area contributed by atoms with E-state index in [0.717, 1.165) is 13.1 Å². The van der Waals surface area contributed by atoms with Gasteiger partial charge in [0.1, 0.15) is 0 Å². The first-order valence-corrected chi connectivity index (χ1v) is 7.69. The van der Waals surface area contributed by atoms with Gasteiger partial charge in [-0.3, -0.25) is 9.59 Å². The fraction of sp³-hybridized carbons (Fsp3) is 0.222. The Balaban J connectivity index is 1.80. The minimum atomic E-state index is -0.265. The lowest BCUT2D eigenvalue weighted by Crippen LogP contribution is -2.52. The number of amides is 1. The molecule has 1 aliphatic rings. The zero-order chi connectivity index (χ0) is 16.1. The lowest BCUT2D eigenvalue weighted by atomic mass is 10.0. The van der Waals surface area contributed by atoms with Crippen LogP contribution in [0, 0.1) is 0 Å². The second-order valence-electron chi connectivity index (χ2n) is 5.44. The summed E-state index contributed by atoms with van der Waals surface area (Å²) in [5.74, 6) is -0.234. The Bertz CT molecular complexity index is 694. The molecule has 0 bridgehead atoms. The van der Waals surface area contributed by atoms with E-state index in [1.807, 2.05) is 30.3 Å². The van der Waals surface area contributed by atoms with Crippen LogP contribution in [0.3, 0.4) is 0 Å². The van der Waals surface area contributed by atoms with Gasteiger partial charge >= 0.3 is 0 Å². The zero-order valence-corrected chi connectivity index (χ0v) is 12.7. The second-order valence-corrected chi connectivity index (χ2v) is 5.44. The third kappa shape index (κ3) is 3.64. The van der Waals surface area contributed by atoms with Crippen molar-refractivity contribution in [2.75, 3.05) is 25.0 Å². The van der Waals surface area contributed by atoms with Gasteiger partial charge in [-0.05, 0) is 24.3 Å². The SMILES string of the molecule is O=C(Nc1ccccc1C(=O)C1CNCCN1)c1ccccc1. The van der Waals surface area contributed by atoms with Crippen LogP contribution in [0.15, 0.2) is 54.6 Å². The van der Waals surface area contributed by atoms with Crippen LogP contribution in [0.25, 0.3) is 0 Å². The van der Waals surface area contributed by atoms with Crippen LogP contribution in [0.5, 0.6) is 0 Å². The summed E-state index contributed by atoms with van der Waals surface area (Å²) < 4.78 is 0. The summed E-state index contributed by atoms with van der Waals surface area (Å²) in [6.07, 6.45) is 0. The number of piperazine rings is 1. The Morgan fingerprint density at radius 2 is 1.70 bits per heavy atom. The minimum absolute atomic E-state index is 0.0128. The minimum Gasteiger partial charge on any atom is -0.321 e. The van der Waals surface area contributed by atoms with Crippen molar-refractivity contribution in [3.8, 4) is 0 Å². The smallest absolute Gasteiger partial charge is 0.255 e. The van der Waals surface area contributed by atoms with Crippen LogP contribution in [0.1, 0.15) is 20.7 Å². The van der Waals surface area contributed by atoms with Gasteiger partial charge in [0.2, 0.25) is 0 Å². The van der Waals surface area contributed by atoms with E-state index in [2.05, 4.69) is 16.0 Å². The van der Waals surface area contributed by atoms with E-state index in [1.165, 1.54) is 0 Å². The fourth-order valence-corrected chi connectivity index (χ4v) is 2.62. The molecule has 0 aromatic heterocycles. The van der Waals surface area contributed by atoms with Crippen molar-refractivity contribution in [1.29, 1.82) is 0 Å². The molecule has 2 aromatic carbocycles. The molecule has 3 rings (SSSR count). The molecule has 0 radical (unpaired) electrons. The number of carbonyl (C=O) groups excluding carboxylic acids is 2. The number of nitrogens with one attached hydrogen (secondary N) is 3. The topological polar surface area (TPSA) is 70.2 Å². The number of Topliss-reactive ketones (excluding diaryl/α,β-unsaturated/α-hetero) is 1. The number of rotatable bonds is 4. The van der Waals surface area contributed by atoms with E-state index in [1.54, 1.807) is 24.3 Å². The molecule has 5 nitrogen and oxygen atoms in total. The van der Waals surface area contributed by atoms with Crippen molar-refractivity contribution in [3.05, 3.63) is 65.7 Å². The highest BCUT2D eigenvalue weighted by atomic mass is 16.2. The van der Waals surface area contributed by atoms with Gasteiger partial charge in [-0.1, -0.05) is 30.3 Å². The van der Waals surface area contributed by atoms with Crippen LogP contribution < -0.4 is 16.0 Å². The molecule has 1 amide bonds. The van der Waals surface area contributed by atoms with E-state index < -0.39 is 0 Å². The van der Waals surface area contributed by atoms with Crippen LogP contribution in [0.4, 0.5) is 5.69 Å². The number of ketones is 1. The van der Waals surface area contributed by atoms with Crippen LogP contribution in [0.2, 0.25) is 0 Å². The number of benzene rings is 2. The Kier molecular flexibility index (Phi) is 4.80. The second kappa shape index (κ2) is 7.17. The molecule has 1 saturated heterocycles. The molecule has 23 heavy (non-hydrogen) atoms. The van der Waals surface area contributed by atoms with Gasteiger partial charge in [0.15, 0.2) is 5.78 Å². The molecular weight excluding hydrogens is 290 g/mol. The average Bonchev–Trinajstić information content (AvgIpc) is 2.63. The van der Waals surface area contributed by atoms with Gasteiger partial charge in [-0.2, -0.15) is 0 Å². The van der Waals surface area contributed by atoms with Crippen LogP contribution in [-0.2, 0) is 0 Å². The van der Waals surface area contributed by atoms with Crippen LogP contribution in [-0.4, -0.2) is 37.4 Å². The standard InChI is InChI=1S/C18H19N3O2/c22-17(16-12-19-10-11-20-16)14-8-4-5-9-15(14)21-18(23)13-6-2-1-3-7-13/h1-9,16,19-20H,10-12H2,(H,21,23). The van der Waals surface area contributed by atoms with Gasteiger partial charge < -0.3 is 16.0 Å². The number of para-hydroxylation sites is 1. The number of carbonyl (C=O) groups is 2. The van der Waals surface area contributed by atoms with E-state index in [9.17, 15) is 9.59 Å². The van der Waals surface area contributed by atoms with Crippen molar-refractivity contribution in [1.82, 2.24) is 10.6 Å². The monoisotopic (exact) mass is 309 g/mol. The summed E-state index contributed by atoms with van der Waals surface area (Å²) in [6, 6.07) is 15.8. The first kappa shape index (κ1) is 15.4. The van der Waals surface area contributed by atoms with Crippen LogP contribution >= 0.6 is 0 Å². The van der Waals surface area contributed by atoms with E-state index in [-0.39, 0.29) is 17.7 Å². The first-order valence-electron chi connectivity index (χ1n) is 7.69. The Hall–Kier alpha value is -2.50. The van der Waals surface area contributed by atoms with E-state index >= 15 is 0 Å². The molecule has 1 aliphatic heterocycles. The zero-order valence-electron chi connectivity index (χ0n) is 12.7. The van der Waals surface area contributed by atoms with Crippen molar-refractivity contribution in [3.63, 3.8) is 0 Å². The Morgan fingerprint density at radius 1 is 0.957 bits per heavy atom. The summed E-state index contributed by atoms with van der Waals surface area (Å²) in [6.45, 7) is 2.21. The normalized spacial score (nSPS) is 17.5. The van der Waals surface area contributed by atoms with Gasteiger partial charge in [-0.15, -0.1) is 0 Å². The van der Waals surface area contributed by atoms with E-state index in [0.29, 0.717) is 23.4 Å². The highest BCUT2D eigenvalue weighted by Gasteiger charge is 2.24. The molecule has 1 fully saturated rings. The summed E-state index contributed by atoms with van der Waals surface area (Å²) in [7, 11) is 0. The molecule has 1 unspecified atom stereocenters. The fourth-order valence-electron chi connectivity index (χ4n) is 2.62. The summed E-state index contributed by atoms with van der Waals surface area (Å²) in [5.41, 5.74) is 1.63. The summed E-state index contributed by atoms with van der Waals surface area (Å²) in [5, 5.41) is 9.24. The van der Waals surface area contributed by atoms with Gasteiger partial charge in [0, 0.05) is 30.8 Å². The number of hydrogen-bond acceptors (Lipinski definition) is 4. The maximum absolute atomic E-state index is 12.7.